The Kier molecular flexibility index (Phi) is 47.8. The summed E-state index contributed by atoms with van der Waals surface area (Å²) in [6.07, 6.45) is 53.1. The Morgan fingerprint density at radius 2 is 0.208 bits per heavy atom. The molecule has 1 nitrogen and oxygen atoms in total. The highest BCUT2D eigenvalue weighted by molar-refractivity contribution is 5.31. The van der Waals surface area contributed by atoms with Crippen LogP contribution in [0.1, 0.15) is 706 Å². The van der Waals surface area contributed by atoms with Crippen molar-refractivity contribution in [1.29, 1.82) is 0 Å². The highest BCUT2D eigenvalue weighted by atomic mass is 16.5. The molecule has 0 atom stereocenters. The van der Waals surface area contributed by atoms with Gasteiger partial charge in [-0.15, -0.1) is 0 Å². The van der Waals surface area contributed by atoms with Gasteiger partial charge in [0.05, 0.1) is 13.2 Å². The fourth-order valence-electron chi connectivity index (χ4n) is 35.6. The van der Waals surface area contributed by atoms with E-state index >= 15 is 0 Å². The molecule has 1 heteroatoms. The van der Waals surface area contributed by atoms with Crippen LogP contribution in [0.2, 0.25) is 0 Å². The topological polar surface area (TPSA) is 9.23 Å². The Hall–Kier alpha value is -0.820. The summed E-state index contributed by atoms with van der Waals surface area (Å²) < 4.78 is 5.39. The molecule has 0 aromatic heterocycles. The Bertz CT molecular complexity index is 3220. The van der Waals surface area contributed by atoms with Crippen LogP contribution < -0.4 is 0 Å². The molecule has 0 N–H and O–H groups in total. The number of hydrogen-bond acceptors (Lipinski definition) is 1. The molecule has 10 aliphatic rings. The first-order valence-electron chi connectivity index (χ1n) is 62.0. The molecule has 858 valence electrons. The van der Waals surface area contributed by atoms with E-state index in [-0.39, 0.29) is 10.8 Å². The van der Waals surface area contributed by atoms with Crippen molar-refractivity contribution in [1.82, 2.24) is 0 Å². The van der Waals surface area contributed by atoms with E-state index in [2.05, 4.69) is 481 Å². The van der Waals surface area contributed by atoms with Gasteiger partial charge in [0, 0.05) is 5.41 Å². The van der Waals surface area contributed by atoms with Crippen LogP contribution in [0, 0.1) is 162 Å². The van der Waals surface area contributed by atoms with E-state index in [1.807, 2.05) is 0 Å². The lowest BCUT2D eigenvalue weighted by molar-refractivity contribution is -0.224. The molecule has 0 bridgehead atoms. The molecular weight excluding hydrogens is 1730 g/mol. The van der Waals surface area contributed by atoms with Crippen LogP contribution >= 0.6 is 0 Å². The summed E-state index contributed by atoms with van der Waals surface area (Å²) in [5.74, 6) is 0. The van der Waals surface area contributed by atoms with Gasteiger partial charge in [-0.1, -0.05) is 603 Å². The SMILES string of the molecule is CC(C)(C)C1(C(C)(C)C)CC1.CC(C)(C)C1(C(C)(C)C)CCC1.CC(C)(C)C1(C(C)(C)C)CCCC1.CC(C)(C)C1(C(C)(C)C)CCCC1.CC(C)(C)C1(C(C)(C)C)CCCC1.CC(C)(C)C1(C(C)(C)C)CCCCC1.CC(C)(C)C1(C(C)(C)C)CCCCC1.CC(C)(C)C1(C(C)(C)C)CCCCC1.CC(C)(C)C1(C(C)(C)C)CCCCC1.CC(C)(C)C1(C(C)(C)C)COC1.CC(C)(C)c1ccc(C(C)(C)C)cc1. The lowest BCUT2D eigenvalue weighted by Crippen LogP contribution is -2.59. The predicted molar refractivity (Wildman–Crippen MR) is 659 cm³/mol. The quantitative estimate of drug-likeness (QED) is 0.252. The van der Waals surface area contributed by atoms with Crippen LogP contribution in [-0.2, 0) is 15.6 Å². The molecule has 1 saturated heterocycles. The summed E-state index contributed by atoms with van der Waals surface area (Å²) in [6, 6.07) is 9.00. The van der Waals surface area contributed by atoms with Crippen molar-refractivity contribution in [2.75, 3.05) is 13.2 Å². The first-order chi connectivity index (χ1) is 63.3. The van der Waals surface area contributed by atoms with E-state index in [0.29, 0.717) is 162 Å². The Balaban J connectivity index is 0.000000793. The normalized spacial score (nSPS) is 22.5. The first kappa shape index (κ1) is 141. The third-order valence-corrected chi connectivity index (χ3v) is 45.2. The predicted octanol–water partition coefficient (Wildman–Crippen LogP) is 49.5. The molecule has 0 radical (unpaired) electrons. The molecule has 0 amide bonds. The van der Waals surface area contributed by atoms with Gasteiger partial charge in [-0.2, -0.15) is 0 Å². The monoisotopic (exact) mass is 2010 g/mol. The molecule has 9 aliphatic carbocycles. The number of ether oxygens (including phenoxy) is 1. The summed E-state index contributed by atoms with van der Waals surface area (Å²) in [6.45, 7) is 160. The summed E-state index contributed by atoms with van der Waals surface area (Å²) >= 11 is 0. The van der Waals surface area contributed by atoms with Crippen LogP contribution in [-0.4, -0.2) is 13.2 Å². The molecule has 1 heterocycles. The third kappa shape index (κ3) is 33.2. The minimum atomic E-state index is 0.260. The molecule has 1 aliphatic heterocycles. The summed E-state index contributed by atoms with van der Waals surface area (Å²) in [5, 5.41) is 0. The second-order valence-electron chi connectivity index (χ2n) is 73.6. The first-order valence-corrected chi connectivity index (χ1v) is 62.0. The number of hydrogen-bond donors (Lipinski definition) is 0. The standard InChI is InChI=1S/C14H22.4C14H28.3C13H26.C12H24.C11H22O.C11H22/c1-13(2,3)11-7-9-12(10-8-11)14(4,5)6;4*1-12(2,3)14(13(4,5)6)10-8-7-9-11-14;3*1-11(2,3)13(12(4,5)6)9-7-8-10-13;1-10(2,3)12(8-7-9-12)11(4,5)6;1-9(2,3)11(7-12-8-11)10(4,5)6;1-9(2,3)11(7-8-11)10(4,5)6/h7-10H,1-6H3;4*7-11H2,1-6H3;3*7-10H2,1-6H3;7-9H2,1-6H3;7-8H2,1-6H3;7-8H2,1-6H3. The van der Waals surface area contributed by atoms with Crippen LogP contribution in [0.4, 0.5) is 0 Å². The third-order valence-electron chi connectivity index (χ3n) is 45.2. The molecule has 0 spiro atoms. The zero-order valence-electron chi connectivity index (χ0n) is 113. The zero-order chi connectivity index (χ0) is 114. The maximum Gasteiger partial charge on any atom is 0.0554 e. The lowest BCUT2D eigenvalue weighted by atomic mass is 9.45. The molecule has 0 unspecified atom stereocenters. The molecule has 10 fully saturated rings. The van der Waals surface area contributed by atoms with E-state index < -0.39 is 0 Å². The molecule has 1 aromatic rings. The maximum atomic E-state index is 5.39. The minimum absolute atomic E-state index is 0.260. The van der Waals surface area contributed by atoms with Crippen LogP contribution in [0.15, 0.2) is 24.3 Å². The molecular formula is C143H280O. The van der Waals surface area contributed by atoms with Crippen LogP contribution in [0.3, 0.4) is 0 Å². The van der Waals surface area contributed by atoms with Gasteiger partial charge in [0.1, 0.15) is 0 Å². The van der Waals surface area contributed by atoms with E-state index in [9.17, 15) is 0 Å². The van der Waals surface area contributed by atoms with Crippen molar-refractivity contribution in [3.8, 4) is 0 Å². The van der Waals surface area contributed by atoms with Gasteiger partial charge in [0.15, 0.2) is 0 Å². The Morgan fingerprint density at radius 1 is 0.118 bits per heavy atom. The highest BCUT2D eigenvalue weighted by Gasteiger charge is 2.62. The molecule has 9 saturated carbocycles. The van der Waals surface area contributed by atoms with Crippen molar-refractivity contribution in [2.24, 2.45) is 162 Å². The van der Waals surface area contributed by atoms with Gasteiger partial charge < -0.3 is 4.74 Å². The minimum Gasteiger partial charge on any atom is -0.380 e. The van der Waals surface area contributed by atoms with Gasteiger partial charge in [0.25, 0.3) is 0 Å². The van der Waals surface area contributed by atoms with Crippen LogP contribution in [0.5, 0.6) is 0 Å². The smallest absolute Gasteiger partial charge is 0.0554 e. The fourth-order valence-corrected chi connectivity index (χ4v) is 35.6. The van der Waals surface area contributed by atoms with Crippen molar-refractivity contribution in [3.63, 3.8) is 0 Å². The molecule has 11 rings (SSSR count). The molecule has 1 aromatic carbocycles. The number of benzene rings is 1. The van der Waals surface area contributed by atoms with Crippen molar-refractivity contribution in [3.05, 3.63) is 35.4 Å². The second-order valence-corrected chi connectivity index (χ2v) is 73.6. The fraction of sp³-hybridized carbons (Fsp3) is 0.958. The highest BCUT2D eigenvalue weighted by Crippen LogP contribution is 2.71. The average Bonchev–Trinajstić information content (AvgIpc) is 1.53. The second kappa shape index (κ2) is 48.7. The Morgan fingerprint density at radius 3 is 0.250 bits per heavy atom. The van der Waals surface area contributed by atoms with Gasteiger partial charge in [-0.3, -0.25) is 0 Å². The van der Waals surface area contributed by atoms with E-state index in [1.165, 1.54) is 249 Å². The summed E-state index contributed by atoms with van der Waals surface area (Å²) in [5.41, 5.74) is 17.9. The van der Waals surface area contributed by atoms with Crippen molar-refractivity contribution < 1.29 is 4.74 Å². The van der Waals surface area contributed by atoms with E-state index in [4.69, 9.17) is 4.74 Å². The number of rotatable bonds is 0. The Labute approximate surface area is 915 Å². The van der Waals surface area contributed by atoms with Gasteiger partial charge in [-0.25, -0.2) is 0 Å². The lowest BCUT2D eigenvalue weighted by Gasteiger charge is -2.60. The van der Waals surface area contributed by atoms with Crippen molar-refractivity contribution >= 4 is 0 Å². The van der Waals surface area contributed by atoms with E-state index in [0.717, 1.165) is 13.2 Å². The summed E-state index contributed by atoms with van der Waals surface area (Å²) in [7, 11) is 0. The average molecular weight is 2020 g/mol. The molecule has 144 heavy (non-hydrogen) atoms. The zero-order valence-corrected chi connectivity index (χ0v) is 113. The van der Waals surface area contributed by atoms with Gasteiger partial charge in [-0.05, 0) is 295 Å². The van der Waals surface area contributed by atoms with Crippen molar-refractivity contribution in [2.45, 2.75) is 705 Å². The van der Waals surface area contributed by atoms with Gasteiger partial charge >= 0.3 is 0 Å². The van der Waals surface area contributed by atoms with E-state index in [1.54, 1.807) is 0 Å². The largest absolute Gasteiger partial charge is 0.380 e. The van der Waals surface area contributed by atoms with Gasteiger partial charge in [0.2, 0.25) is 0 Å². The van der Waals surface area contributed by atoms with Crippen LogP contribution in [0.25, 0.3) is 0 Å². The maximum absolute atomic E-state index is 5.39. The summed E-state index contributed by atoms with van der Waals surface area (Å²) in [4.78, 5) is 0.